The Morgan fingerprint density at radius 3 is 2.58 bits per heavy atom. The van der Waals surface area contributed by atoms with E-state index in [0.29, 0.717) is 5.56 Å². The first-order valence-corrected chi connectivity index (χ1v) is 10.7. The molecular formula is C23H22N2O8. The average molecular weight is 454 g/mol. The average Bonchev–Trinajstić information content (AvgIpc) is 3.27. The standard InChI is InChI=1S/C23H22N2O8/c26-11-12-8-16-20(17-10-19(33-23(12,17)30)15-6-1-2-7-18(15)27)22(29)24(21(16)28)13-4-3-5-14(9-13)25(31)32/h1-7,9,12,16-17,19-20,26-27,30H,8,10-11H2/t12-,16+,17+,19+,20+,23-/m1/s1. The summed E-state index contributed by atoms with van der Waals surface area (Å²) in [5, 5.41) is 42.9. The normalized spacial score (nSPS) is 33.2. The molecule has 2 aromatic rings. The number of carbonyl (C=O) groups is 2. The molecule has 2 saturated heterocycles. The number of anilines is 1. The number of benzene rings is 2. The summed E-state index contributed by atoms with van der Waals surface area (Å²) in [6.45, 7) is -0.456. The third kappa shape index (κ3) is 3.13. The highest BCUT2D eigenvalue weighted by atomic mass is 16.6. The number of hydrogen-bond acceptors (Lipinski definition) is 8. The number of carbonyl (C=O) groups excluding carboxylic acids is 2. The number of para-hydroxylation sites is 1. The SMILES string of the molecule is O=C1[C@H]2[C@H](C[C@H](CO)[C@@]3(O)O[C@H](c4ccccc4O)C[C@@H]23)C(=O)N1c1cccc([N+](=O)[O-])c1. The van der Waals surface area contributed by atoms with Crippen LogP contribution in [-0.4, -0.2) is 44.5 Å². The number of aromatic hydroxyl groups is 1. The smallest absolute Gasteiger partial charge is 0.271 e. The summed E-state index contributed by atoms with van der Waals surface area (Å²) in [5.74, 6) is -6.30. The molecule has 172 valence electrons. The molecule has 0 radical (unpaired) electrons. The van der Waals surface area contributed by atoms with Crippen molar-refractivity contribution in [1.29, 1.82) is 0 Å². The van der Waals surface area contributed by atoms with Crippen molar-refractivity contribution >= 4 is 23.2 Å². The number of amides is 2. The van der Waals surface area contributed by atoms with Crippen molar-refractivity contribution < 1.29 is 34.6 Å². The lowest BCUT2D eigenvalue weighted by atomic mass is 9.64. The minimum absolute atomic E-state index is 0.0195. The molecule has 0 spiro atoms. The van der Waals surface area contributed by atoms with Gasteiger partial charge < -0.3 is 20.1 Å². The highest BCUT2D eigenvalue weighted by molar-refractivity contribution is 6.22. The third-order valence-corrected chi connectivity index (χ3v) is 7.17. The van der Waals surface area contributed by atoms with Gasteiger partial charge in [-0.15, -0.1) is 0 Å². The van der Waals surface area contributed by atoms with Gasteiger partial charge in [0.1, 0.15) is 5.75 Å². The molecule has 33 heavy (non-hydrogen) atoms. The number of nitro groups is 1. The first-order chi connectivity index (χ1) is 15.8. The Bertz CT molecular complexity index is 1150. The van der Waals surface area contributed by atoms with Crippen LogP contribution in [0.5, 0.6) is 5.75 Å². The zero-order chi connectivity index (χ0) is 23.5. The van der Waals surface area contributed by atoms with Gasteiger partial charge in [-0.2, -0.15) is 0 Å². The molecule has 0 bridgehead atoms. The number of aliphatic hydroxyl groups is 2. The lowest BCUT2D eigenvalue weighted by molar-refractivity contribution is -0.384. The van der Waals surface area contributed by atoms with E-state index in [2.05, 4.69) is 0 Å². The topological polar surface area (TPSA) is 150 Å². The lowest BCUT2D eigenvalue weighted by Crippen LogP contribution is -2.54. The zero-order valence-electron chi connectivity index (χ0n) is 17.4. The molecule has 3 fully saturated rings. The number of non-ortho nitro benzene ring substituents is 1. The maximum absolute atomic E-state index is 13.5. The van der Waals surface area contributed by atoms with Gasteiger partial charge in [-0.05, 0) is 25.0 Å². The molecule has 2 aliphatic heterocycles. The van der Waals surface area contributed by atoms with Crippen LogP contribution in [-0.2, 0) is 14.3 Å². The summed E-state index contributed by atoms with van der Waals surface area (Å²) < 4.78 is 5.97. The number of phenolic OH excluding ortho intramolecular Hbond substituents is 1. The predicted octanol–water partition coefficient (Wildman–Crippen LogP) is 1.88. The van der Waals surface area contributed by atoms with Crippen molar-refractivity contribution in [1.82, 2.24) is 0 Å². The molecule has 6 atom stereocenters. The van der Waals surface area contributed by atoms with Crippen LogP contribution in [0.25, 0.3) is 0 Å². The number of aliphatic hydroxyl groups excluding tert-OH is 1. The van der Waals surface area contributed by atoms with Gasteiger partial charge >= 0.3 is 0 Å². The van der Waals surface area contributed by atoms with E-state index in [9.17, 15) is 35.0 Å². The number of fused-ring (bicyclic) bond motifs is 3. The number of phenols is 1. The van der Waals surface area contributed by atoms with Crippen LogP contribution in [0.15, 0.2) is 48.5 Å². The number of nitro benzene ring substituents is 1. The fraction of sp³-hybridized carbons (Fsp3) is 0.391. The van der Waals surface area contributed by atoms with Crippen LogP contribution in [0.4, 0.5) is 11.4 Å². The molecule has 0 aromatic heterocycles. The van der Waals surface area contributed by atoms with E-state index >= 15 is 0 Å². The lowest BCUT2D eigenvalue weighted by Gasteiger charge is -2.44. The van der Waals surface area contributed by atoms with Gasteiger partial charge in [-0.3, -0.25) is 19.7 Å². The van der Waals surface area contributed by atoms with E-state index < -0.39 is 58.9 Å². The molecule has 2 aromatic carbocycles. The van der Waals surface area contributed by atoms with E-state index in [-0.39, 0.29) is 30.0 Å². The van der Waals surface area contributed by atoms with Crippen molar-refractivity contribution in [3.63, 3.8) is 0 Å². The molecule has 5 rings (SSSR count). The van der Waals surface area contributed by atoms with E-state index in [4.69, 9.17) is 4.74 Å². The van der Waals surface area contributed by atoms with Crippen LogP contribution >= 0.6 is 0 Å². The highest BCUT2D eigenvalue weighted by Crippen LogP contribution is 2.59. The first-order valence-electron chi connectivity index (χ1n) is 10.7. The molecule has 3 aliphatic rings. The molecule has 10 heteroatoms. The minimum atomic E-state index is -1.86. The van der Waals surface area contributed by atoms with Gasteiger partial charge in [-0.25, -0.2) is 4.90 Å². The number of imide groups is 1. The monoisotopic (exact) mass is 454 g/mol. The summed E-state index contributed by atoms with van der Waals surface area (Å²) in [6, 6.07) is 11.8. The second-order valence-corrected chi connectivity index (χ2v) is 8.80. The van der Waals surface area contributed by atoms with Gasteiger partial charge in [0.05, 0.1) is 35.2 Å². The van der Waals surface area contributed by atoms with Crippen LogP contribution in [0, 0.1) is 33.8 Å². The summed E-state index contributed by atoms with van der Waals surface area (Å²) in [4.78, 5) is 38.3. The maximum atomic E-state index is 13.5. The zero-order valence-corrected chi connectivity index (χ0v) is 17.4. The second kappa shape index (κ2) is 7.62. The molecule has 2 amide bonds. The van der Waals surface area contributed by atoms with Crippen molar-refractivity contribution in [2.24, 2.45) is 23.7 Å². The molecule has 3 N–H and O–H groups in total. The highest BCUT2D eigenvalue weighted by Gasteiger charge is 2.67. The minimum Gasteiger partial charge on any atom is -0.508 e. The Morgan fingerprint density at radius 2 is 1.88 bits per heavy atom. The van der Waals surface area contributed by atoms with Gasteiger partial charge in [-0.1, -0.05) is 24.3 Å². The molecule has 1 saturated carbocycles. The van der Waals surface area contributed by atoms with Gasteiger partial charge in [0.15, 0.2) is 5.79 Å². The summed E-state index contributed by atoms with van der Waals surface area (Å²) in [6.07, 6.45) is -0.547. The van der Waals surface area contributed by atoms with Crippen LogP contribution in [0.1, 0.15) is 24.5 Å². The predicted molar refractivity (Wildman–Crippen MR) is 113 cm³/mol. The number of ether oxygens (including phenoxy) is 1. The molecule has 1 aliphatic carbocycles. The molecule has 2 heterocycles. The Labute approximate surface area is 188 Å². The third-order valence-electron chi connectivity index (χ3n) is 7.17. The molecule has 10 nitrogen and oxygen atoms in total. The Hall–Kier alpha value is -3.34. The summed E-state index contributed by atoms with van der Waals surface area (Å²) in [7, 11) is 0. The van der Waals surface area contributed by atoms with Gasteiger partial charge in [0, 0.05) is 29.5 Å². The first kappa shape index (κ1) is 21.5. The summed E-state index contributed by atoms with van der Waals surface area (Å²) >= 11 is 0. The number of rotatable bonds is 4. The molecule has 0 unspecified atom stereocenters. The quantitative estimate of drug-likeness (QED) is 0.360. The fourth-order valence-electron chi connectivity index (χ4n) is 5.65. The maximum Gasteiger partial charge on any atom is 0.271 e. The van der Waals surface area contributed by atoms with Crippen LogP contribution in [0.3, 0.4) is 0 Å². The Balaban J connectivity index is 1.53. The van der Waals surface area contributed by atoms with Crippen molar-refractivity contribution in [2.75, 3.05) is 11.5 Å². The number of nitrogens with zero attached hydrogens (tertiary/aromatic N) is 2. The van der Waals surface area contributed by atoms with Gasteiger partial charge in [0.2, 0.25) is 11.8 Å². The number of hydrogen-bond donors (Lipinski definition) is 3. The van der Waals surface area contributed by atoms with Crippen molar-refractivity contribution in [2.45, 2.75) is 24.7 Å². The fourth-order valence-corrected chi connectivity index (χ4v) is 5.65. The largest absolute Gasteiger partial charge is 0.508 e. The second-order valence-electron chi connectivity index (χ2n) is 8.80. The van der Waals surface area contributed by atoms with E-state index in [1.54, 1.807) is 18.2 Å². The Kier molecular flexibility index (Phi) is 4.96. The van der Waals surface area contributed by atoms with Crippen molar-refractivity contribution in [3.8, 4) is 5.75 Å². The van der Waals surface area contributed by atoms with E-state index in [1.165, 1.54) is 30.3 Å². The van der Waals surface area contributed by atoms with Gasteiger partial charge in [0.25, 0.3) is 5.69 Å². The van der Waals surface area contributed by atoms with E-state index in [0.717, 1.165) is 4.90 Å². The molecular weight excluding hydrogens is 432 g/mol. The van der Waals surface area contributed by atoms with Crippen molar-refractivity contribution in [3.05, 3.63) is 64.2 Å². The van der Waals surface area contributed by atoms with Crippen LogP contribution < -0.4 is 4.90 Å². The summed E-state index contributed by atoms with van der Waals surface area (Å²) in [5.41, 5.74) is 0.284. The Morgan fingerprint density at radius 1 is 1.12 bits per heavy atom. The van der Waals surface area contributed by atoms with Crippen LogP contribution in [0.2, 0.25) is 0 Å². The van der Waals surface area contributed by atoms with E-state index in [1.807, 2.05) is 0 Å².